The molecule has 1 N–H and O–H groups in total. The van der Waals surface area contributed by atoms with Crippen LogP contribution in [0.5, 0.6) is 23.0 Å². The molecule has 1 heterocycles. The highest BCUT2D eigenvalue weighted by Crippen LogP contribution is 2.38. The zero-order valence-corrected chi connectivity index (χ0v) is 17.3. The maximum absolute atomic E-state index is 12.8. The lowest BCUT2D eigenvalue weighted by molar-refractivity contribution is 0.352. The molecule has 7 nitrogen and oxygen atoms in total. The van der Waals surface area contributed by atoms with Crippen LogP contribution in [0.4, 0.5) is 0 Å². The zero-order chi connectivity index (χ0) is 20.3. The number of nitrogens with one attached hydrogen (secondary N) is 1. The SMILES string of the molecule is COc1ccc(CC2NCCS(=O)(=O)c3cc(OC)c(OC)cc32)cc1OC. The lowest BCUT2D eigenvalue weighted by Gasteiger charge is -2.21. The van der Waals surface area contributed by atoms with Crippen LogP contribution in [0.25, 0.3) is 0 Å². The Kier molecular flexibility index (Phi) is 6.00. The molecule has 0 saturated carbocycles. The van der Waals surface area contributed by atoms with Gasteiger partial charge in [0, 0.05) is 18.7 Å². The van der Waals surface area contributed by atoms with E-state index in [1.807, 2.05) is 18.2 Å². The zero-order valence-electron chi connectivity index (χ0n) is 16.4. The largest absolute Gasteiger partial charge is 0.493 e. The molecule has 0 fully saturated rings. The van der Waals surface area contributed by atoms with Crippen LogP contribution >= 0.6 is 0 Å². The number of benzene rings is 2. The molecule has 8 heteroatoms. The summed E-state index contributed by atoms with van der Waals surface area (Å²) in [6, 6.07) is 8.79. The number of methoxy groups -OCH3 is 4. The maximum Gasteiger partial charge on any atom is 0.180 e. The molecule has 0 amide bonds. The van der Waals surface area contributed by atoms with Crippen molar-refractivity contribution in [1.82, 2.24) is 5.32 Å². The Morgan fingerprint density at radius 3 is 2.14 bits per heavy atom. The van der Waals surface area contributed by atoms with E-state index >= 15 is 0 Å². The molecule has 1 aliphatic heterocycles. The normalized spacial score (nSPS) is 17.9. The van der Waals surface area contributed by atoms with E-state index < -0.39 is 9.84 Å². The number of fused-ring (bicyclic) bond motifs is 1. The fraction of sp³-hybridized carbons (Fsp3) is 0.400. The number of sulfone groups is 1. The van der Waals surface area contributed by atoms with E-state index in [4.69, 9.17) is 18.9 Å². The average Bonchev–Trinajstić information content (AvgIpc) is 2.82. The van der Waals surface area contributed by atoms with Gasteiger partial charge in [-0.1, -0.05) is 6.07 Å². The van der Waals surface area contributed by atoms with Gasteiger partial charge in [-0.25, -0.2) is 8.42 Å². The summed E-state index contributed by atoms with van der Waals surface area (Å²) in [4.78, 5) is 0.278. The second-order valence-corrected chi connectivity index (χ2v) is 8.54. The number of rotatable bonds is 6. The quantitative estimate of drug-likeness (QED) is 0.787. The second kappa shape index (κ2) is 8.28. The molecule has 0 saturated heterocycles. The number of hydrogen-bond donors (Lipinski definition) is 1. The molecular formula is C20H25NO6S. The highest BCUT2D eigenvalue weighted by Gasteiger charge is 2.30. The molecule has 2 aromatic carbocycles. The summed E-state index contributed by atoms with van der Waals surface area (Å²) >= 11 is 0. The Labute approximate surface area is 165 Å². The topological polar surface area (TPSA) is 83.1 Å². The summed E-state index contributed by atoms with van der Waals surface area (Å²) in [6.07, 6.45) is 0.582. The minimum Gasteiger partial charge on any atom is -0.493 e. The Balaban J connectivity index is 2.06. The molecule has 152 valence electrons. The van der Waals surface area contributed by atoms with Crippen molar-refractivity contribution >= 4 is 9.84 Å². The van der Waals surface area contributed by atoms with Crippen LogP contribution in [0.2, 0.25) is 0 Å². The van der Waals surface area contributed by atoms with Crippen LogP contribution in [0.3, 0.4) is 0 Å². The minimum atomic E-state index is -3.43. The predicted octanol–water partition coefficient (Wildman–Crippen LogP) is 2.38. The van der Waals surface area contributed by atoms with E-state index in [1.165, 1.54) is 14.2 Å². The van der Waals surface area contributed by atoms with Crippen molar-refractivity contribution in [2.75, 3.05) is 40.7 Å². The fourth-order valence-corrected chi connectivity index (χ4v) is 4.88. The van der Waals surface area contributed by atoms with Gasteiger partial charge in [0.15, 0.2) is 32.8 Å². The van der Waals surface area contributed by atoms with Gasteiger partial charge in [0.25, 0.3) is 0 Å². The molecule has 0 aliphatic carbocycles. The fourth-order valence-electron chi connectivity index (χ4n) is 3.43. The first-order chi connectivity index (χ1) is 13.4. The minimum absolute atomic E-state index is 0.0257. The van der Waals surface area contributed by atoms with Crippen molar-refractivity contribution in [3.63, 3.8) is 0 Å². The smallest absolute Gasteiger partial charge is 0.180 e. The molecule has 0 spiro atoms. The molecule has 0 radical (unpaired) electrons. The molecule has 1 aliphatic rings. The van der Waals surface area contributed by atoms with Crippen molar-refractivity contribution < 1.29 is 27.4 Å². The first-order valence-corrected chi connectivity index (χ1v) is 10.5. The van der Waals surface area contributed by atoms with Gasteiger partial charge < -0.3 is 24.3 Å². The molecule has 28 heavy (non-hydrogen) atoms. The molecule has 2 aromatic rings. The summed E-state index contributed by atoms with van der Waals surface area (Å²) in [5.74, 6) is 2.20. The highest BCUT2D eigenvalue weighted by atomic mass is 32.2. The molecule has 0 bridgehead atoms. The number of hydrogen-bond acceptors (Lipinski definition) is 7. The van der Waals surface area contributed by atoms with Crippen LogP contribution < -0.4 is 24.3 Å². The van der Waals surface area contributed by atoms with Crippen LogP contribution in [-0.4, -0.2) is 49.2 Å². The lowest BCUT2D eigenvalue weighted by atomic mass is 9.98. The van der Waals surface area contributed by atoms with Crippen LogP contribution in [0.1, 0.15) is 17.2 Å². The summed E-state index contributed by atoms with van der Waals surface area (Å²) in [5.41, 5.74) is 1.67. The third-order valence-corrected chi connectivity index (χ3v) is 6.64. The predicted molar refractivity (Wildman–Crippen MR) is 106 cm³/mol. The third kappa shape index (κ3) is 3.88. The first-order valence-electron chi connectivity index (χ1n) is 8.86. The highest BCUT2D eigenvalue weighted by molar-refractivity contribution is 7.91. The first kappa shape index (κ1) is 20.3. The van der Waals surface area contributed by atoms with Gasteiger partial charge in [-0.15, -0.1) is 0 Å². The van der Waals surface area contributed by atoms with Gasteiger partial charge in [-0.05, 0) is 35.7 Å². The van der Waals surface area contributed by atoms with Crippen molar-refractivity contribution in [3.05, 3.63) is 41.5 Å². The third-order valence-electron chi connectivity index (χ3n) is 4.88. The van der Waals surface area contributed by atoms with Crippen LogP contribution in [0.15, 0.2) is 35.2 Å². The Morgan fingerprint density at radius 2 is 1.50 bits per heavy atom. The molecule has 1 unspecified atom stereocenters. The standard InChI is InChI=1S/C20H25NO6S/c1-24-16-6-5-13(10-17(16)25-2)9-15-14-11-18(26-3)19(27-4)12-20(14)28(22,23)8-7-21-15/h5-6,10-12,15,21H,7-9H2,1-4H3. The summed E-state index contributed by atoms with van der Waals surface area (Å²) in [6.45, 7) is 0.361. The van der Waals surface area contributed by atoms with Gasteiger partial charge in [-0.3, -0.25) is 0 Å². The monoisotopic (exact) mass is 407 g/mol. The van der Waals surface area contributed by atoms with E-state index in [1.54, 1.807) is 26.4 Å². The number of ether oxygens (including phenoxy) is 4. The average molecular weight is 407 g/mol. The van der Waals surface area contributed by atoms with E-state index in [9.17, 15) is 8.42 Å². The lowest BCUT2D eigenvalue weighted by Crippen LogP contribution is -2.24. The van der Waals surface area contributed by atoms with Crippen molar-refractivity contribution in [1.29, 1.82) is 0 Å². The summed E-state index contributed by atoms with van der Waals surface area (Å²) in [7, 11) is 2.78. The van der Waals surface area contributed by atoms with Gasteiger partial charge in [0.1, 0.15) is 0 Å². The molecule has 1 atom stereocenters. The Bertz CT molecular complexity index is 957. The van der Waals surface area contributed by atoms with E-state index in [0.717, 1.165) is 5.56 Å². The van der Waals surface area contributed by atoms with Gasteiger partial charge in [-0.2, -0.15) is 0 Å². The Hall–Kier alpha value is -2.45. The van der Waals surface area contributed by atoms with Crippen molar-refractivity contribution in [2.24, 2.45) is 0 Å². The Morgan fingerprint density at radius 1 is 0.893 bits per heavy atom. The van der Waals surface area contributed by atoms with Gasteiger partial charge in [0.2, 0.25) is 0 Å². The van der Waals surface area contributed by atoms with E-state index in [0.29, 0.717) is 41.5 Å². The van der Waals surface area contributed by atoms with Crippen LogP contribution in [0, 0.1) is 0 Å². The molecule has 0 aromatic heterocycles. The summed E-state index contributed by atoms with van der Waals surface area (Å²) in [5, 5.41) is 3.35. The second-order valence-electron chi connectivity index (χ2n) is 6.46. The molecular weight excluding hydrogens is 382 g/mol. The summed E-state index contributed by atoms with van der Waals surface area (Å²) < 4.78 is 46.9. The maximum atomic E-state index is 12.8. The van der Waals surface area contributed by atoms with E-state index in [-0.39, 0.29) is 16.7 Å². The van der Waals surface area contributed by atoms with Crippen molar-refractivity contribution in [2.45, 2.75) is 17.4 Å². The molecule has 3 rings (SSSR count). The van der Waals surface area contributed by atoms with Crippen molar-refractivity contribution in [3.8, 4) is 23.0 Å². The van der Waals surface area contributed by atoms with Gasteiger partial charge >= 0.3 is 0 Å². The van der Waals surface area contributed by atoms with Crippen LogP contribution in [-0.2, 0) is 16.3 Å². The van der Waals surface area contributed by atoms with Gasteiger partial charge in [0.05, 0.1) is 39.1 Å². The van der Waals surface area contributed by atoms with E-state index in [2.05, 4.69) is 5.32 Å².